The van der Waals surface area contributed by atoms with Gasteiger partial charge >= 0.3 is 0 Å². The Kier molecular flexibility index (Phi) is 5.34. The van der Waals surface area contributed by atoms with Gasteiger partial charge in [-0.25, -0.2) is 0 Å². The molecule has 2 aromatic rings. The molecule has 21 heavy (non-hydrogen) atoms. The summed E-state index contributed by atoms with van der Waals surface area (Å²) >= 11 is 12.1. The second-order valence-electron chi connectivity index (χ2n) is 4.65. The molecule has 0 heterocycles. The molecule has 0 saturated carbocycles. The Morgan fingerprint density at radius 2 is 1.81 bits per heavy atom. The van der Waals surface area contributed by atoms with Crippen molar-refractivity contribution in [3.63, 3.8) is 0 Å². The SMILES string of the molecule is COc1ccc(OC)c(C(N)Cc2ccc(Cl)cc2Cl)c1. The maximum absolute atomic E-state index is 6.31. The molecule has 2 rings (SSSR count). The van der Waals surface area contributed by atoms with Gasteiger partial charge in [-0.05, 0) is 42.3 Å². The van der Waals surface area contributed by atoms with Crippen LogP contribution >= 0.6 is 23.2 Å². The van der Waals surface area contributed by atoms with E-state index in [1.165, 1.54) is 0 Å². The van der Waals surface area contributed by atoms with Crippen LogP contribution in [0.5, 0.6) is 11.5 Å². The lowest BCUT2D eigenvalue weighted by Crippen LogP contribution is -2.15. The zero-order valence-electron chi connectivity index (χ0n) is 11.9. The van der Waals surface area contributed by atoms with Crippen molar-refractivity contribution in [3.05, 3.63) is 57.6 Å². The van der Waals surface area contributed by atoms with Gasteiger partial charge in [0, 0.05) is 21.7 Å². The molecule has 0 amide bonds. The van der Waals surface area contributed by atoms with E-state index >= 15 is 0 Å². The largest absolute Gasteiger partial charge is 0.497 e. The first-order chi connectivity index (χ1) is 10.0. The van der Waals surface area contributed by atoms with Crippen LogP contribution in [0.1, 0.15) is 17.2 Å². The maximum Gasteiger partial charge on any atom is 0.123 e. The van der Waals surface area contributed by atoms with E-state index in [1.807, 2.05) is 24.3 Å². The second kappa shape index (κ2) is 7.03. The summed E-state index contributed by atoms with van der Waals surface area (Å²) in [4.78, 5) is 0. The summed E-state index contributed by atoms with van der Waals surface area (Å²) in [6.07, 6.45) is 0.583. The van der Waals surface area contributed by atoms with Gasteiger partial charge in [0.2, 0.25) is 0 Å². The van der Waals surface area contributed by atoms with Gasteiger partial charge in [0.05, 0.1) is 14.2 Å². The van der Waals surface area contributed by atoms with E-state index in [2.05, 4.69) is 0 Å². The summed E-state index contributed by atoms with van der Waals surface area (Å²) < 4.78 is 10.6. The highest BCUT2D eigenvalue weighted by Gasteiger charge is 2.15. The Hall–Kier alpha value is -1.42. The Morgan fingerprint density at radius 3 is 2.43 bits per heavy atom. The van der Waals surface area contributed by atoms with Crippen molar-refractivity contribution in [1.29, 1.82) is 0 Å². The van der Waals surface area contributed by atoms with Crippen molar-refractivity contribution in [1.82, 2.24) is 0 Å². The van der Waals surface area contributed by atoms with Crippen molar-refractivity contribution in [3.8, 4) is 11.5 Å². The normalized spacial score (nSPS) is 12.0. The van der Waals surface area contributed by atoms with Gasteiger partial charge in [-0.15, -0.1) is 0 Å². The number of ether oxygens (including phenoxy) is 2. The van der Waals surface area contributed by atoms with Crippen LogP contribution in [0, 0.1) is 0 Å². The van der Waals surface area contributed by atoms with Crippen molar-refractivity contribution >= 4 is 23.2 Å². The summed E-state index contributed by atoms with van der Waals surface area (Å²) in [5.41, 5.74) is 8.13. The maximum atomic E-state index is 6.31. The Morgan fingerprint density at radius 1 is 1.05 bits per heavy atom. The molecule has 1 unspecified atom stereocenters. The highest BCUT2D eigenvalue weighted by molar-refractivity contribution is 6.35. The van der Waals surface area contributed by atoms with Gasteiger partial charge < -0.3 is 15.2 Å². The van der Waals surface area contributed by atoms with Gasteiger partial charge in [-0.1, -0.05) is 29.3 Å². The van der Waals surface area contributed by atoms with Crippen LogP contribution in [0.2, 0.25) is 10.0 Å². The van der Waals surface area contributed by atoms with Crippen LogP contribution in [0.25, 0.3) is 0 Å². The highest BCUT2D eigenvalue weighted by Crippen LogP contribution is 2.31. The number of methoxy groups -OCH3 is 2. The van der Waals surface area contributed by atoms with E-state index in [0.717, 1.165) is 22.6 Å². The quantitative estimate of drug-likeness (QED) is 0.893. The van der Waals surface area contributed by atoms with E-state index in [4.69, 9.17) is 38.4 Å². The number of hydrogen-bond donors (Lipinski definition) is 1. The van der Waals surface area contributed by atoms with Gasteiger partial charge in [-0.3, -0.25) is 0 Å². The third-order valence-corrected chi connectivity index (χ3v) is 3.88. The average Bonchev–Trinajstić information content (AvgIpc) is 2.49. The number of hydrogen-bond acceptors (Lipinski definition) is 3. The topological polar surface area (TPSA) is 44.5 Å². The molecule has 2 aromatic carbocycles. The molecule has 0 radical (unpaired) electrons. The van der Waals surface area contributed by atoms with Crippen LogP contribution in [0.4, 0.5) is 0 Å². The molecule has 0 aromatic heterocycles. The molecular formula is C16H17Cl2NO2. The van der Waals surface area contributed by atoms with Crippen LogP contribution in [0.3, 0.4) is 0 Å². The monoisotopic (exact) mass is 325 g/mol. The summed E-state index contributed by atoms with van der Waals surface area (Å²) in [6.45, 7) is 0. The summed E-state index contributed by atoms with van der Waals surface area (Å²) in [6, 6.07) is 10.7. The molecule has 2 N–H and O–H groups in total. The lowest BCUT2D eigenvalue weighted by molar-refractivity contribution is 0.395. The van der Waals surface area contributed by atoms with Crippen LogP contribution in [0.15, 0.2) is 36.4 Å². The first kappa shape index (κ1) is 16.0. The number of nitrogens with two attached hydrogens (primary N) is 1. The lowest BCUT2D eigenvalue weighted by atomic mass is 9.98. The number of rotatable bonds is 5. The van der Waals surface area contributed by atoms with Crippen LogP contribution in [-0.2, 0) is 6.42 Å². The van der Waals surface area contributed by atoms with Gasteiger partial charge in [0.25, 0.3) is 0 Å². The Bertz CT molecular complexity index is 632. The number of benzene rings is 2. The van der Waals surface area contributed by atoms with E-state index in [1.54, 1.807) is 26.4 Å². The standard InChI is InChI=1S/C16H17Cl2NO2/c1-20-12-5-6-16(21-2)13(9-12)15(19)7-10-3-4-11(17)8-14(10)18/h3-6,8-9,15H,7,19H2,1-2H3. The molecule has 0 fully saturated rings. The van der Waals surface area contributed by atoms with E-state index < -0.39 is 0 Å². The summed E-state index contributed by atoms with van der Waals surface area (Å²) in [5.74, 6) is 1.47. The van der Waals surface area contributed by atoms with Crippen LogP contribution < -0.4 is 15.2 Å². The zero-order chi connectivity index (χ0) is 15.4. The third-order valence-electron chi connectivity index (χ3n) is 3.29. The molecule has 0 aliphatic rings. The lowest BCUT2D eigenvalue weighted by Gasteiger charge is -2.17. The van der Waals surface area contributed by atoms with Crippen molar-refractivity contribution in [2.45, 2.75) is 12.5 Å². The van der Waals surface area contributed by atoms with E-state index in [9.17, 15) is 0 Å². The van der Waals surface area contributed by atoms with E-state index in [-0.39, 0.29) is 6.04 Å². The molecule has 1 atom stereocenters. The fourth-order valence-electron chi connectivity index (χ4n) is 2.16. The predicted octanol–water partition coefficient (Wildman–Crippen LogP) is 4.25. The molecule has 0 spiro atoms. The predicted molar refractivity (Wildman–Crippen MR) is 86.6 cm³/mol. The Balaban J connectivity index is 2.28. The first-order valence-electron chi connectivity index (χ1n) is 6.46. The van der Waals surface area contributed by atoms with Crippen molar-refractivity contribution in [2.24, 2.45) is 5.73 Å². The zero-order valence-corrected chi connectivity index (χ0v) is 13.4. The fourth-order valence-corrected chi connectivity index (χ4v) is 2.65. The third kappa shape index (κ3) is 3.82. The molecule has 0 aliphatic carbocycles. The fraction of sp³-hybridized carbons (Fsp3) is 0.250. The summed E-state index contributed by atoms with van der Waals surface area (Å²) in [5, 5.41) is 1.22. The minimum absolute atomic E-state index is 0.256. The second-order valence-corrected chi connectivity index (χ2v) is 5.50. The molecule has 0 bridgehead atoms. The minimum Gasteiger partial charge on any atom is -0.497 e. The van der Waals surface area contributed by atoms with Crippen molar-refractivity contribution < 1.29 is 9.47 Å². The van der Waals surface area contributed by atoms with Gasteiger partial charge in [0.1, 0.15) is 11.5 Å². The molecule has 0 aliphatic heterocycles. The van der Waals surface area contributed by atoms with Gasteiger partial charge in [-0.2, -0.15) is 0 Å². The smallest absolute Gasteiger partial charge is 0.123 e. The molecular weight excluding hydrogens is 309 g/mol. The molecule has 3 nitrogen and oxygen atoms in total. The van der Waals surface area contributed by atoms with Crippen molar-refractivity contribution in [2.75, 3.05) is 14.2 Å². The van der Waals surface area contributed by atoms with Crippen LogP contribution in [-0.4, -0.2) is 14.2 Å². The van der Waals surface area contributed by atoms with E-state index in [0.29, 0.717) is 16.5 Å². The molecule has 112 valence electrons. The molecule has 0 saturated heterocycles. The minimum atomic E-state index is -0.256. The first-order valence-corrected chi connectivity index (χ1v) is 7.22. The summed E-state index contributed by atoms with van der Waals surface area (Å²) in [7, 11) is 3.24. The van der Waals surface area contributed by atoms with Gasteiger partial charge in [0.15, 0.2) is 0 Å². The average molecular weight is 326 g/mol. The highest BCUT2D eigenvalue weighted by atomic mass is 35.5. The number of halogens is 2. The molecule has 5 heteroatoms. The Labute approximate surface area is 134 Å².